The number of pyridine rings is 1. The number of hydrogen-bond acceptors (Lipinski definition) is 12. The molecule has 6 heterocycles. The lowest BCUT2D eigenvalue weighted by Gasteiger charge is -2.32. The van der Waals surface area contributed by atoms with Crippen LogP contribution in [0.15, 0.2) is 0 Å². The molecular weight excluding hydrogens is 440 g/mol. The van der Waals surface area contributed by atoms with E-state index in [9.17, 15) is 9.13 Å². The van der Waals surface area contributed by atoms with Crippen LogP contribution in [0.25, 0.3) is 10.9 Å². The highest BCUT2D eigenvalue weighted by Gasteiger charge is 2.58. The number of nitrogens with one attached hydrogen (secondary N) is 1. The molecule has 5 aliphatic rings. The zero-order valence-corrected chi connectivity index (χ0v) is 17.7. The fourth-order valence-electron chi connectivity index (χ4n) is 3.78. The second-order valence-electron chi connectivity index (χ2n) is 7.29. The van der Waals surface area contributed by atoms with Crippen LogP contribution < -0.4 is 33.9 Å². The number of aromatic nitrogens is 1. The Balaban J connectivity index is 1.62. The van der Waals surface area contributed by atoms with E-state index in [1.165, 1.54) is 7.11 Å². The summed E-state index contributed by atoms with van der Waals surface area (Å²) in [6.07, 6.45) is 0.427. The van der Waals surface area contributed by atoms with Crippen LogP contribution >= 0.6 is 15.6 Å². The predicted molar refractivity (Wildman–Crippen MR) is 102 cm³/mol. The molecule has 0 spiro atoms. The maximum absolute atomic E-state index is 12.9. The molecule has 12 nitrogen and oxygen atoms in total. The van der Waals surface area contributed by atoms with E-state index in [1.807, 2.05) is 6.92 Å². The Morgan fingerprint density at radius 3 is 2.53 bits per heavy atom. The molecule has 2 atom stereocenters. The van der Waals surface area contributed by atoms with Crippen molar-refractivity contribution in [1.82, 2.24) is 4.98 Å². The molecule has 1 saturated heterocycles. The lowest BCUT2D eigenvalue weighted by atomic mass is 10.1. The summed E-state index contributed by atoms with van der Waals surface area (Å²) in [6, 6.07) is 0.0507. The van der Waals surface area contributed by atoms with Gasteiger partial charge in [-0.05, 0) is 19.8 Å². The van der Waals surface area contributed by atoms with Gasteiger partial charge >= 0.3 is 15.6 Å². The van der Waals surface area contributed by atoms with Crippen LogP contribution in [0.3, 0.4) is 0 Å². The minimum absolute atomic E-state index is 0.0111. The van der Waals surface area contributed by atoms with Gasteiger partial charge in [0.05, 0.1) is 12.5 Å². The van der Waals surface area contributed by atoms with E-state index in [2.05, 4.69) is 10.3 Å². The second-order valence-corrected chi connectivity index (χ2v) is 10.2. The lowest BCUT2D eigenvalue weighted by Crippen LogP contribution is -2.21. The van der Waals surface area contributed by atoms with Crippen LogP contribution in [-0.2, 0) is 18.2 Å². The smallest absolute Gasteiger partial charge is 0.490 e. The van der Waals surface area contributed by atoms with Gasteiger partial charge in [0.2, 0.25) is 23.5 Å². The summed E-state index contributed by atoms with van der Waals surface area (Å²) in [4.78, 5) is 4.60. The number of benzene rings is 1. The van der Waals surface area contributed by atoms with Crippen molar-refractivity contribution in [2.75, 3.05) is 19.0 Å². The van der Waals surface area contributed by atoms with Crippen molar-refractivity contribution >= 4 is 32.2 Å². The zero-order valence-electron chi connectivity index (χ0n) is 15.9. The first-order valence-corrected chi connectivity index (χ1v) is 12.2. The molecule has 1 aromatic carbocycles. The third-order valence-corrected chi connectivity index (χ3v) is 7.59. The Morgan fingerprint density at radius 1 is 1.10 bits per heavy atom. The quantitative estimate of drug-likeness (QED) is 0.482. The van der Waals surface area contributed by atoms with Crippen molar-refractivity contribution in [3.63, 3.8) is 0 Å². The number of ether oxygens (including phenoxy) is 1. The van der Waals surface area contributed by atoms with Crippen LogP contribution in [0.1, 0.15) is 31.7 Å². The van der Waals surface area contributed by atoms with Crippen LogP contribution in [0, 0.1) is 0 Å². The molecule has 1 aromatic heterocycles. The van der Waals surface area contributed by atoms with Crippen LogP contribution in [0.2, 0.25) is 0 Å². The van der Waals surface area contributed by atoms with Gasteiger partial charge in [-0.15, -0.1) is 0 Å². The van der Waals surface area contributed by atoms with E-state index in [1.54, 1.807) is 0 Å². The molecule has 14 heteroatoms. The first-order valence-electron chi connectivity index (χ1n) is 9.27. The van der Waals surface area contributed by atoms with Crippen molar-refractivity contribution in [3.8, 4) is 28.7 Å². The average Bonchev–Trinajstić information content (AvgIpc) is 2.97. The summed E-state index contributed by atoms with van der Waals surface area (Å²) in [5.74, 6) is 0.356. The van der Waals surface area contributed by atoms with E-state index in [0.29, 0.717) is 23.1 Å². The van der Waals surface area contributed by atoms with Crippen LogP contribution in [0.5, 0.6) is 28.7 Å². The number of anilines is 1. The van der Waals surface area contributed by atoms with Gasteiger partial charge in [0.1, 0.15) is 16.9 Å². The van der Waals surface area contributed by atoms with Crippen molar-refractivity contribution in [3.05, 3.63) is 5.69 Å². The molecule has 1 fully saturated rings. The number of rotatable bonds is 6. The summed E-state index contributed by atoms with van der Waals surface area (Å²) in [5, 5.41) is 3.65. The van der Waals surface area contributed by atoms with E-state index >= 15 is 0 Å². The second kappa shape index (κ2) is 5.93. The van der Waals surface area contributed by atoms with E-state index < -0.39 is 21.9 Å². The molecule has 2 aromatic rings. The standard InChI is InChI=1S/C16H17N3O9P2/c1-6(17)4-3-5-18-9-8-7-11-14-10(19-8)16-27-30(21,28-16)25-13(9)15(22-2)12(7)24-29(20,23-11)26-14/h6,16,18H,3-5,17H2,1-2H3. The zero-order chi connectivity index (χ0) is 20.8. The third-order valence-electron chi connectivity index (χ3n) is 5.07. The molecule has 5 aliphatic heterocycles. The van der Waals surface area contributed by atoms with Crippen molar-refractivity contribution in [2.24, 2.45) is 5.73 Å². The molecule has 160 valence electrons. The van der Waals surface area contributed by atoms with Gasteiger partial charge in [-0.2, -0.15) is 4.57 Å². The Labute approximate surface area is 170 Å². The van der Waals surface area contributed by atoms with Crippen molar-refractivity contribution < 1.29 is 41.0 Å². The molecule has 0 amide bonds. The number of phosphoric ester groups is 2. The Morgan fingerprint density at radius 2 is 1.80 bits per heavy atom. The Kier molecular flexibility index (Phi) is 3.66. The maximum atomic E-state index is 12.9. The molecular formula is C16H17N3O9P2. The molecule has 30 heavy (non-hydrogen) atoms. The SMILES string of the molecule is COc1c2c(NCCCC(C)N)c3nc(c4c5c3c1OP(=O)(O4)O5)C1OP(=O)(O2)O1. The molecule has 0 aliphatic carbocycles. The van der Waals surface area contributed by atoms with Gasteiger partial charge in [-0.25, -0.2) is 18.6 Å². The first-order chi connectivity index (χ1) is 14.3. The third kappa shape index (κ3) is 2.42. The lowest BCUT2D eigenvalue weighted by molar-refractivity contribution is -0.120. The molecule has 0 radical (unpaired) electrons. The summed E-state index contributed by atoms with van der Waals surface area (Å²) in [5.41, 5.74) is 6.73. The first kappa shape index (κ1) is 18.5. The highest BCUT2D eigenvalue weighted by atomic mass is 31.2. The summed E-state index contributed by atoms with van der Waals surface area (Å²) < 4.78 is 64.0. The van der Waals surface area contributed by atoms with Crippen LogP contribution in [0.4, 0.5) is 5.69 Å². The summed E-state index contributed by atoms with van der Waals surface area (Å²) >= 11 is 0. The highest BCUT2D eigenvalue weighted by molar-refractivity contribution is 7.50. The van der Waals surface area contributed by atoms with Gasteiger partial charge in [0, 0.05) is 12.6 Å². The normalized spacial score (nSPS) is 29.8. The Hall–Kier alpha value is -2.23. The minimum atomic E-state index is -3.97. The van der Waals surface area contributed by atoms with Gasteiger partial charge in [-0.1, -0.05) is 0 Å². The fourth-order valence-corrected chi connectivity index (χ4v) is 6.25. The Bertz CT molecular complexity index is 1210. The van der Waals surface area contributed by atoms with E-state index in [-0.39, 0.29) is 40.5 Å². The highest BCUT2D eigenvalue weighted by Crippen LogP contribution is 2.75. The van der Waals surface area contributed by atoms with Crippen LogP contribution in [-0.4, -0.2) is 24.7 Å². The van der Waals surface area contributed by atoms with Crippen molar-refractivity contribution in [1.29, 1.82) is 0 Å². The summed E-state index contributed by atoms with van der Waals surface area (Å²) in [6.45, 7) is 2.45. The molecule has 3 N–H and O–H groups in total. The van der Waals surface area contributed by atoms with Crippen molar-refractivity contribution in [2.45, 2.75) is 32.1 Å². The molecule has 7 rings (SSSR count). The molecule has 7 bridgehead atoms. The molecule has 0 saturated carbocycles. The largest absolute Gasteiger partial charge is 0.647 e. The summed E-state index contributed by atoms with van der Waals surface area (Å²) in [7, 11) is -6.52. The van der Waals surface area contributed by atoms with Gasteiger partial charge in [0.25, 0.3) is 0 Å². The number of hydrogen-bond donors (Lipinski definition) is 2. The van der Waals surface area contributed by atoms with Gasteiger partial charge in [0.15, 0.2) is 11.5 Å². The van der Waals surface area contributed by atoms with Gasteiger partial charge in [-0.3, -0.25) is 0 Å². The fraction of sp³-hybridized carbons (Fsp3) is 0.438. The van der Waals surface area contributed by atoms with Gasteiger partial charge < -0.3 is 33.9 Å². The number of fused-ring (bicyclic) bond motifs is 1. The molecule has 2 unspecified atom stereocenters. The van der Waals surface area contributed by atoms with E-state index in [4.69, 9.17) is 37.6 Å². The number of phosphoric acid groups is 2. The minimum Gasteiger partial charge on any atom is -0.490 e. The van der Waals surface area contributed by atoms with E-state index in [0.717, 1.165) is 12.8 Å². The monoisotopic (exact) mass is 457 g/mol. The topological polar surface area (TPSA) is 150 Å². The maximum Gasteiger partial charge on any atom is 0.647 e. The predicted octanol–water partition coefficient (Wildman–Crippen LogP) is 3.60. The number of methoxy groups -OCH3 is 1. The number of nitrogens with two attached hydrogens (primary N) is 1. The average molecular weight is 457 g/mol. The number of nitrogens with zero attached hydrogens (tertiary/aromatic N) is 1.